The smallest absolute Gasteiger partial charge is 0.270 e. The SMILES string of the molecule is CN1CCC(NC(=O)c2cccc(Br)n2)C1. The van der Waals surface area contributed by atoms with Crippen LogP contribution in [0.1, 0.15) is 16.9 Å². The molecule has 2 heterocycles. The summed E-state index contributed by atoms with van der Waals surface area (Å²) in [5.74, 6) is -0.0957. The van der Waals surface area contributed by atoms with Crippen LogP contribution < -0.4 is 5.32 Å². The van der Waals surface area contributed by atoms with E-state index in [0.717, 1.165) is 19.5 Å². The third-order valence-electron chi connectivity index (χ3n) is 2.67. The third-order valence-corrected chi connectivity index (χ3v) is 3.12. The molecule has 1 amide bonds. The Bertz CT molecular complexity index is 397. The van der Waals surface area contributed by atoms with Gasteiger partial charge in [0.15, 0.2) is 0 Å². The molecule has 86 valence electrons. The maximum absolute atomic E-state index is 11.8. The van der Waals surface area contributed by atoms with Crippen molar-refractivity contribution in [2.75, 3.05) is 20.1 Å². The topological polar surface area (TPSA) is 45.2 Å². The van der Waals surface area contributed by atoms with E-state index in [9.17, 15) is 4.79 Å². The van der Waals surface area contributed by atoms with Gasteiger partial charge >= 0.3 is 0 Å². The van der Waals surface area contributed by atoms with Crippen LogP contribution in [0.2, 0.25) is 0 Å². The number of nitrogens with zero attached hydrogens (tertiary/aromatic N) is 2. The zero-order chi connectivity index (χ0) is 11.5. The van der Waals surface area contributed by atoms with Crippen molar-refractivity contribution in [1.29, 1.82) is 0 Å². The molecule has 1 aliphatic heterocycles. The van der Waals surface area contributed by atoms with Gasteiger partial charge in [-0.25, -0.2) is 4.98 Å². The van der Waals surface area contributed by atoms with Crippen LogP contribution in [-0.2, 0) is 0 Å². The standard InChI is InChI=1S/C11H14BrN3O/c1-15-6-5-8(7-15)13-11(16)9-3-2-4-10(12)14-9/h2-4,8H,5-7H2,1H3,(H,13,16). The molecule has 1 N–H and O–H groups in total. The first-order valence-corrected chi connectivity index (χ1v) is 6.06. The summed E-state index contributed by atoms with van der Waals surface area (Å²) in [6.07, 6.45) is 1.01. The number of likely N-dealkylation sites (tertiary alicyclic amines) is 1. The molecule has 1 aromatic heterocycles. The minimum atomic E-state index is -0.0957. The van der Waals surface area contributed by atoms with Gasteiger partial charge in [-0.05, 0) is 48.1 Å². The second-order valence-corrected chi connectivity index (χ2v) is 4.88. The molecular formula is C11H14BrN3O. The van der Waals surface area contributed by atoms with E-state index in [1.165, 1.54) is 0 Å². The number of amides is 1. The Balaban J connectivity index is 1.98. The molecule has 0 radical (unpaired) electrons. The molecule has 0 bridgehead atoms. The lowest BCUT2D eigenvalue weighted by Crippen LogP contribution is -2.36. The van der Waals surface area contributed by atoms with E-state index in [1.807, 2.05) is 6.07 Å². The lowest BCUT2D eigenvalue weighted by Gasteiger charge is -2.12. The Morgan fingerprint density at radius 1 is 1.62 bits per heavy atom. The predicted octanol–water partition coefficient (Wildman–Crippen LogP) is 1.28. The maximum Gasteiger partial charge on any atom is 0.270 e. The van der Waals surface area contributed by atoms with E-state index in [0.29, 0.717) is 10.3 Å². The molecular weight excluding hydrogens is 270 g/mol. The van der Waals surface area contributed by atoms with Crippen LogP contribution in [0.4, 0.5) is 0 Å². The number of carbonyl (C=O) groups excluding carboxylic acids is 1. The molecule has 1 saturated heterocycles. The van der Waals surface area contributed by atoms with E-state index >= 15 is 0 Å². The summed E-state index contributed by atoms with van der Waals surface area (Å²) >= 11 is 3.25. The van der Waals surface area contributed by atoms with Crippen LogP contribution in [-0.4, -0.2) is 42.0 Å². The van der Waals surface area contributed by atoms with Gasteiger partial charge < -0.3 is 10.2 Å². The second-order valence-electron chi connectivity index (χ2n) is 4.07. The highest BCUT2D eigenvalue weighted by Gasteiger charge is 2.21. The van der Waals surface area contributed by atoms with Crippen molar-refractivity contribution in [1.82, 2.24) is 15.2 Å². The monoisotopic (exact) mass is 283 g/mol. The Morgan fingerprint density at radius 3 is 3.06 bits per heavy atom. The van der Waals surface area contributed by atoms with Crippen LogP contribution in [0.25, 0.3) is 0 Å². The van der Waals surface area contributed by atoms with E-state index in [-0.39, 0.29) is 11.9 Å². The highest BCUT2D eigenvalue weighted by atomic mass is 79.9. The minimum absolute atomic E-state index is 0.0957. The van der Waals surface area contributed by atoms with E-state index in [1.54, 1.807) is 12.1 Å². The zero-order valence-electron chi connectivity index (χ0n) is 9.11. The van der Waals surface area contributed by atoms with Crippen LogP contribution in [0.5, 0.6) is 0 Å². The van der Waals surface area contributed by atoms with Gasteiger partial charge in [0.25, 0.3) is 5.91 Å². The number of hydrogen-bond donors (Lipinski definition) is 1. The van der Waals surface area contributed by atoms with Crippen molar-refractivity contribution in [3.8, 4) is 0 Å². The minimum Gasteiger partial charge on any atom is -0.347 e. The van der Waals surface area contributed by atoms with Crippen LogP contribution >= 0.6 is 15.9 Å². The molecule has 1 unspecified atom stereocenters. The number of hydrogen-bond acceptors (Lipinski definition) is 3. The van der Waals surface area contributed by atoms with Crippen molar-refractivity contribution < 1.29 is 4.79 Å². The van der Waals surface area contributed by atoms with Gasteiger partial charge in [0.2, 0.25) is 0 Å². The Labute approximate surface area is 103 Å². The summed E-state index contributed by atoms with van der Waals surface area (Å²) < 4.78 is 0.684. The largest absolute Gasteiger partial charge is 0.347 e. The van der Waals surface area contributed by atoms with Gasteiger partial charge in [-0.15, -0.1) is 0 Å². The molecule has 4 nitrogen and oxygen atoms in total. The van der Waals surface area contributed by atoms with Gasteiger partial charge in [-0.1, -0.05) is 6.07 Å². The van der Waals surface area contributed by atoms with Crippen molar-refractivity contribution in [2.24, 2.45) is 0 Å². The average molecular weight is 284 g/mol. The van der Waals surface area contributed by atoms with Crippen molar-refractivity contribution in [2.45, 2.75) is 12.5 Å². The van der Waals surface area contributed by atoms with Gasteiger partial charge in [-0.2, -0.15) is 0 Å². The lowest BCUT2D eigenvalue weighted by atomic mass is 10.2. The van der Waals surface area contributed by atoms with E-state index < -0.39 is 0 Å². The molecule has 1 aliphatic rings. The van der Waals surface area contributed by atoms with Crippen LogP contribution in [0.3, 0.4) is 0 Å². The zero-order valence-corrected chi connectivity index (χ0v) is 10.7. The van der Waals surface area contributed by atoms with Gasteiger partial charge in [0.05, 0.1) is 0 Å². The van der Waals surface area contributed by atoms with E-state index in [2.05, 4.69) is 38.2 Å². The molecule has 1 aromatic rings. The molecule has 16 heavy (non-hydrogen) atoms. The highest BCUT2D eigenvalue weighted by Crippen LogP contribution is 2.09. The molecule has 1 atom stereocenters. The summed E-state index contributed by atoms with van der Waals surface area (Å²) in [6, 6.07) is 5.59. The number of aromatic nitrogens is 1. The second kappa shape index (κ2) is 4.93. The third kappa shape index (κ3) is 2.80. The first-order valence-electron chi connectivity index (χ1n) is 5.27. The number of carbonyl (C=O) groups is 1. The van der Waals surface area contributed by atoms with Crippen molar-refractivity contribution >= 4 is 21.8 Å². The average Bonchev–Trinajstić information content (AvgIpc) is 2.64. The molecule has 0 saturated carbocycles. The summed E-state index contributed by atoms with van der Waals surface area (Å²) in [7, 11) is 2.06. The number of rotatable bonds is 2. The normalized spacial score (nSPS) is 21.0. The van der Waals surface area contributed by atoms with Gasteiger partial charge in [0, 0.05) is 12.6 Å². The van der Waals surface area contributed by atoms with E-state index in [4.69, 9.17) is 0 Å². The van der Waals surface area contributed by atoms with Crippen LogP contribution in [0.15, 0.2) is 22.8 Å². The van der Waals surface area contributed by atoms with Crippen LogP contribution in [0, 0.1) is 0 Å². The maximum atomic E-state index is 11.8. The fraction of sp³-hybridized carbons (Fsp3) is 0.455. The fourth-order valence-corrected chi connectivity index (χ4v) is 2.19. The molecule has 1 fully saturated rings. The number of likely N-dealkylation sites (N-methyl/N-ethyl adjacent to an activating group) is 1. The molecule has 0 aromatic carbocycles. The quantitative estimate of drug-likeness (QED) is 0.832. The van der Waals surface area contributed by atoms with Crippen molar-refractivity contribution in [3.63, 3.8) is 0 Å². The Kier molecular flexibility index (Phi) is 3.56. The number of halogens is 1. The lowest BCUT2D eigenvalue weighted by molar-refractivity contribution is 0.0933. The summed E-state index contributed by atoms with van der Waals surface area (Å²) in [5, 5.41) is 2.99. The van der Waals surface area contributed by atoms with Gasteiger partial charge in [0.1, 0.15) is 10.3 Å². The molecule has 2 rings (SSSR count). The summed E-state index contributed by atoms with van der Waals surface area (Å²) in [5.41, 5.74) is 0.462. The fourth-order valence-electron chi connectivity index (χ4n) is 1.85. The molecule has 5 heteroatoms. The molecule has 0 aliphatic carbocycles. The molecule has 0 spiro atoms. The van der Waals surface area contributed by atoms with Gasteiger partial charge in [-0.3, -0.25) is 4.79 Å². The Morgan fingerprint density at radius 2 is 2.44 bits per heavy atom. The highest BCUT2D eigenvalue weighted by molar-refractivity contribution is 9.10. The first kappa shape index (κ1) is 11.5. The number of pyridine rings is 1. The number of nitrogens with one attached hydrogen (secondary N) is 1. The predicted molar refractivity (Wildman–Crippen MR) is 65.3 cm³/mol. The summed E-state index contributed by atoms with van der Waals surface area (Å²) in [6.45, 7) is 1.95. The first-order chi connectivity index (χ1) is 7.65. The Hall–Kier alpha value is -0.940. The van der Waals surface area contributed by atoms with Crippen molar-refractivity contribution in [3.05, 3.63) is 28.5 Å². The summed E-state index contributed by atoms with van der Waals surface area (Å²) in [4.78, 5) is 18.2.